The first-order valence-electron chi connectivity index (χ1n) is 0. The Balaban J connectivity index is 0. The van der Waals surface area contributed by atoms with E-state index in [0.717, 1.165) is 0 Å². The van der Waals surface area contributed by atoms with E-state index in [2.05, 4.69) is 0 Å². The van der Waals surface area contributed by atoms with E-state index in [1.165, 1.54) is 0 Å². The molecule has 0 nitrogen and oxygen atoms in total. The van der Waals surface area contributed by atoms with Crippen LogP contribution in [0, 0.1) is 0 Å². The minimum Gasteiger partial charge on any atom is 0 e. The summed E-state index contributed by atoms with van der Waals surface area (Å²) in [7, 11) is 0. The molecule has 41 valence electrons. The van der Waals surface area contributed by atoms with Crippen molar-refractivity contribution in [2.24, 2.45) is 0 Å². The minimum atomic E-state index is 0. The fourth-order valence-electron chi connectivity index (χ4n) is 0. The molecular weight excluding hydrogens is 469 g/mol. The van der Waals surface area contributed by atoms with E-state index in [1.54, 1.807) is 0 Å². The second-order valence-corrected chi connectivity index (χ2v) is 0. The van der Waals surface area contributed by atoms with Crippen molar-refractivity contribution < 1.29 is 79.7 Å². The molecule has 0 atom stereocenters. The van der Waals surface area contributed by atoms with Gasteiger partial charge in [-0.2, -0.15) is 0 Å². The molecule has 0 N–H and O–H groups in total. The molecule has 0 aliphatic rings. The summed E-state index contributed by atoms with van der Waals surface area (Å²) in [6, 6.07) is 0. The monoisotopic (exact) mass is 467 g/mol. The van der Waals surface area contributed by atoms with Gasteiger partial charge in [-0.05, 0) is 0 Å². The van der Waals surface area contributed by atoms with Gasteiger partial charge in [-0.3, -0.25) is 0 Å². The topological polar surface area (TPSA) is 0 Å². The van der Waals surface area contributed by atoms with E-state index >= 15 is 0 Å². The first-order chi connectivity index (χ1) is 0. The van der Waals surface area contributed by atoms with E-state index in [9.17, 15) is 0 Å². The van der Waals surface area contributed by atoms with Crippen LogP contribution in [0.25, 0.3) is 0 Å². The molecule has 0 heterocycles. The Bertz CT molecular complexity index is 6.00. The quantitative estimate of drug-likeness (QED) is 0.439. The van der Waals surface area contributed by atoms with Gasteiger partial charge in [0.05, 0.1) is 0 Å². The van der Waals surface area contributed by atoms with Crippen molar-refractivity contribution >= 4 is 0 Å². The molecule has 0 bridgehead atoms. The van der Waals surface area contributed by atoms with Crippen LogP contribution >= 0.6 is 0 Å². The van der Waals surface area contributed by atoms with Gasteiger partial charge in [-0.1, -0.05) is 0 Å². The predicted octanol–water partition coefficient (Wildman–Crippen LogP) is -0.0100. The summed E-state index contributed by atoms with van der Waals surface area (Å²) in [4.78, 5) is 0. The van der Waals surface area contributed by atoms with Crippen LogP contribution in [0.3, 0.4) is 0 Å². The molecule has 0 fully saturated rings. The Kier molecular flexibility index (Phi) is 137. The van der Waals surface area contributed by atoms with Crippen molar-refractivity contribution in [2.75, 3.05) is 0 Å². The Labute approximate surface area is 78.6 Å². The Morgan fingerprint density at radius 1 is 0.750 bits per heavy atom. The van der Waals surface area contributed by atoms with Gasteiger partial charge in [-0.25, -0.2) is 0 Å². The molecule has 0 aliphatic carbocycles. The van der Waals surface area contributed by atoms with Crippen molar-refractivity contribution in [1.29, 1.82) is 0 Å². The standard InChI is InChI=1S/Au.Ni.2Pd. The van der Waals surface area contributed by atoms with Crippen molar-refractivity contribution in [3.63, 3.8) is 0 Å². The zero-order valence-corrected chi connectivity index (χ0v) is 7.51. The average Bonchev–Trinajstić information content (AvgIpc) is 0. The second kappa shape index (κ2) is 17.6. The van der Waals surface area contributed by atoms with Gasteiger partial charge in [0, 0.05) is 79.7 Å². The van der Waals surface area contributed by atoms with Crippen LogP contribution in [0.4, 0.5) is 0 Å². The maximum Gasteiger partial charge on any atom is 0 e. The first-order valence-corrected chi connectivity index (χ1v) is 0. The van der Waals surface area contributed by atoms with E-state index < -0.39 is 0 Å². The second-order valence-electron chi connectivity index (χ2n) is 0. The molecule has 1 radical (unpaired) electrons. The zero-order chi connectivity index (χ0) is 0. The molecule has 0 saturated carbocycles. The van der Waals surface area contributed by atoms with Crippen LogP contribution in [0.15, 0.2) is 0 Å². The molecule has 0 saturated heterocycles. The molecule has 4 heavy (non-hydrogen) atoms. The average molecular weight is 469 g/mol. The van der Waals surface area contributed by atoms with Gasteiger partial charge < -0.3 is 0 Å². The maximum atomic E-state index is 0. The predicted molar refractivity (Wildman–Crippen MR) is 0 cm³/mol. The van der Waals surface area contributed by atoms with Crippen LogP contribution in [0.5, 0.6) is 0 Å². The summed E-state index contributed by atoms with van der Waals surface area (Å²) in [5, 5.41) is 0. The molecule has 0 aromatic heterocycles. The molecule has 4 heteroatoms. The maximum absolute atomic E-state index is 0. The number of hydrogen-bond donors (Lipinski definition) is 0. The summed E-state index contributed by atoms with van der Waals surface area (Å²) in [5.74, 6) is 0. The minimum absolute atomic E-state index is 0. The molecule has 0 aromatic carbocycles. The number of rotatable bonds is 0. The summed E-state index contributed by atoms with van der Waals surface area (Å²) in [6.45, 7) is 0. The Morgan fingerprint density at radius 2 is 0.750 bits per heavy atom. The third kappa shape index (κ3) is 8.82. The molecule has 0 rings (SSSR count). The fourth-order valence-corrected chi connectivity index (χ4v) is 0. The van der Waals surface area contributed by atoms with Crippen LogP contribution in [-0.2, 0) is 79.7 Å². The smallest absolute Gasteiger partial charge is 0 e. The van der Waals surface area contributed by atoms with Gasteiger partial charge in [0.2, 0.25) is 0 Å². The summed E-state index contributed by atoms with van der Waals surface area (Å²) in [6.07, 6.45) is 0. The largest absolute Gasteiger partial charge is 0 e. The van der Waals surface area contributed by atoms with Crippen LogP contribution in [0.2, 0.25) is 0 Å². The Hall–Kier alpha value is 2.56. The zero-order valence-electron chi connectivity index (χ0n) is 1.25. The van der Waals surface area contributed by atoms with E-state index in [1.807, 2.05) is 0 Å². The summed E-state index contributed by atoms with van der Waals surface area (Å²) >= 11 is 0. The normalized spacial score (nSPS) is 0. The van der Waals surface area contributed by atoms with Crippen molar-refractivity contribution in [2.45, 2.75) is 0 Å². The molecule has 0 unspecified atom stereocenters. The van der Waals surface area contributed by atoms with Crippen LogP contribution in [0.1, 0.15) is 0 Å². The third-order valence-electron chi connectivity index (χ3n) is 0. The van der Waals surface area contributed by atoms with Gasteiger partial charge in [0.25, 0.3) is 0 Å². The van der Waals surface area contributed by atoms with Gasteiger partial charge in [0.15, 0.2) is 0 Å². The van der Waals surface area contributed by atoms with Crippen LogP contribution < -0.4 is 0 Å². The fraction of sp³-hybridized carbons (Fsp3) is 0. The third-order valence-corrected chi connectivity index (χ3v) is 0. The number of hydrogen-bond acceptors (Lipinski definition) is 0. The van der Waals surface area contributed by atoms with Crippen molar-refractivity contribution in [3.8, 4) is 0 Å². The first kappa shape index (κ1) is 31.0. The summed E-state index contributed by atoms with van der Waals surface area (Å²) < 4.78 is 0. The molecule has 0 amide bonds. The molecule has 0 aliphatic heterocycles. The summed E-state index contributed by atoms with van der Waals surface area (Å²) in [5.41, 5.74) is 0. The van der Waals surface area contributed by atoms with Gasteiger partial charge >= 0.3 is 0 Å². The molecule has 0 aromatic rings. The molecular formula is AuNiPd2. The van der Waals surface area contributed by atoms with Crippen molar-refractivity contribution in [1.82, 2.24) is 0 Å². The molecule has 0 spiro atoms. The van der Waals surface area contributed by atoms with Crippen LogP contribution in [-0.4, -0.2) is 0 Å². The Morgan fingerprint density at radius 3 is 0.750 bits per heavy atom. The van der Waals surface area contributed by atoms with E-state index in [4.69, 9.17) is 0 Å². The van der Waals surface area contributed by atoms with Crippen molar-refractivity contribution in [3.05, 3.63) is 0 Å². The SMILES string of the molecule is [Au].[Ni].[Pd].[Pd]. The van der Waals surface area contributed by atoms with E-state index in [0.29, 0.717) is 0 Å². The van der Waals surface area contributed by atoms with E-state index in [-0.39, 0.29) is 79.7 Å². The van der Waals surface area contributed by atoms with Gasteiger partial charge in [-0.15, -0.1) is 0 Å². The van der Waals surface area contributed by atoms with Gasteiger partial charge in [0.1, 0.15) is 0 Å².